The van der Waals surface area contributed by atoms with Crippen molar-refractivity contribution in [3.05, 3.63) is 35.4 Å². The van der Waals surface area contributed by atoms with E-state index in [2.05, 4.69) is 10.1 Å². The van der Waals surface area contributed by atoms with Gasteiger partial charge in [0, 0.05) is 12.3 Å². The maximum absolute atomic E-state index is 11.3. The van der Waals surface area contributed by atoms with Crippen LogP contribution in [0.5, 0.6) is 0 Å². The monoisotopic (exact) mass is 280 g/mol. The molecular formula is C13H16N2O3S. The zero-order valence-electron chi connectivity index (χ0n) is 10.7. The number of thioether (sulfide) groups is 1. The second-order valence-electron chi connectivity index (χ2n) is 3.68. The third-order valence-corrected chi connectivity index (χ3v) is 2.86. The largest absolute Gasteiger partial charge is 0.449 e. The highest BCUT2D eigenvalue weighted by atomic mass is 32.2. The first-order valence-corrected chi connectivity index (χ1v) is 7.14. The molecule has 0 heterocycles. The van der Waals surface area contributed by atoms with Gasteiger partial charge in [-0.15, -0.1) is 0 Å². The van der Waals surface area contributed by atoms with E-state index in [9.17, 15) is 4.79 Å². The lowest BCUT2D eigenvalue weighted by molar-refractivity contribution is 0.152. The van der Waals surface area contributed by atoms with Crippen molar-refractivity contribution >= 4 is 17.9 Å². The number of hydrogen-bond donors (Lipinski definition) is 1. The van der Waals surface area contributed by atoms with Crippen LogP contribution in [0.25, 0.3) is 0 Å². The molecule has 0 fully saturated rings. The van der Waals surface area contributed by atoms with E-state index < -0.39 is 6.09 Å². The van der Waals surface area contributed by atoms with Crippen LogP contribution >= 0.6 is 11.8 Å². The average molecular weight is 280 g/mol. The maximum Gasteiger partial charge on any atom is 0.407 e. The molecule has 19 heavy (non-hydrogen) atoms. The van der Waals surface area contributed by atoms with Crippen molar-refractivity contribution in [2.45, 2.75) is 13.2 Å². The molecule has 0 saturated carbocycles. The zero-order valence-corrected chi connectivity index (χ0v) is 11.5. The van der Waals surface area contributed by atoms with Crippen LogP contribution in [0.3, 0.4) is 0 Å². The number of carbonyl (C=O) groups excluding carboxylic acids is 1. The van der Waals surface area contributed by atoms with Crippen molar-refractivity contribution in [1.82, 2.24) is 5.32 Å². The first-order chi connectivity index (χ1) is 9.26. The predicted octanol–water partition coefficient (Wildman–Crippen LogP) is 2.27. The van der Waals surface area contributed by atoms with Crippen LogP contribution in [0.15, 0.2) is 24.3 Å². The second kappa shape index (κ2) is 9.11. The zero-order chi connectivity index (χ0) is 13.9. The number of amides is 1. The van der Waals surface area contributed by atoms with Crippen molar-refractivity contribution in [2.75, 3.05) is 18.6 Å². The van der Waals surface area contributed by atoms with Crippen LogP contribution in [0.2, 0.25) is 0 Å². The smallest absolute Gasteiger partial charge is 0.407 e. The fourth-order valence-corrected chi connectivity index (χ4v) is 1.56. The lowest BCUT2D eigenvalue weighted by atomic mass is 10.1. The Bertz CT molecular complexity index is 429. The molecule has 1 N–H and O–H groups in total. The molecule has 0 aliphatic heterocycles. The summed E-state index contributed by atoms with van der Waals surface area (Å²) in [5.41, 5.74) is 1.87. The Balaban J connectivity index is 2.29. The minimum atomic E-state index is -0.411. The summed E-state index contributed by atoms with van der Waals surface area (Å²) in [6.45, 7) is 1.09. The van der Waals surface area contributed by atoms with Crippen LogP contribution in [0.4, 0.5) is 4.79 Å². The molecule has 0 bridgehead atoms. The van der Waals surface area contributed by atoms with Gasteiger partial charge in [-0.1, -0.05) is 24.3 Å². The first kappa shape index (κ1) is 15.2. The standard InChI is InChI=1S/C13H16N2O3S/c1-19-7-6-18-13(16)15-8-11-2-4-12(5-3-11)9-17-10-14/h2-5H,6-9H2,1H3,(H,15,16). The van der Waals surface area contributed by atoms with Gasteiger partial charge in [0.25, 0.3) is 6.26 Å². The summed E-state index contributed by atoms with van der Waals surface area (Å²) in [6.07, 6.45) is 3.17. The van der Waals surface area contributed by atoms with E-state index in [-0.39, 0.29) is 6.61 Å². The molecule has 6 heteroatoms. The molecule has 0 aliphatic carbocycles. The molecule has 0 radical (unpaired) electrons. The summed E-state index contributed by atoms with van der Waals surface area (Å²) in [7, 11) is 0. The number of nitrogens with one attached hydrogen (secondary N) is 1. The number of nitriles is 1. The van der Waals surface area contributed by atoms with Gasteiger partial charge in [-0.3, -0.25) is 0 Å². The molecule has 102 valence electrons. The molecule has 1 rings (SSSR count). The fourth-order valence-electron chi connectivity index (χ4n) is 1.31. The van der Waals surface area contributed by atoms with Gasteiger partial charge in [-0.2, -0.15) is 17.0 Å². The van der Waals surface area contributed by atoms with Crippen molar-refractivity contribution in [3.8, 4) is 6.26 Å². The highest BCUT2D eigenvalue weighted by molar-refractivity contribution is 7.98. The number of ether oxygens (including phenoxy) is 2. The van der Waals surface area contributed by atoms with E-state index in [4.69, 9.17) is 10.00 Å². The Hall–Kier alpha value is -1.87. The lowest BCUT2D eigenvalue weighted by Gasteiger charge is -2.07. The van der Waals surface area contributed by atoms with Gasteiger partial charge < -0.3 is 14.8 Å². The number of nitrogens with zero attached hydrogens (tertiary/aromatic N) is 1. The van der Waals surface area contributed by atoms with Crippen LogP contribution in [-0.2, 0) is 22.6 Å². The number of rotatable bonds is 7. The Kier molecular flexibility index (Phi) is 7.28. The molecule has 1 aromatic rings. The van der Waals surface area contributed by atoms with E-state index in [1.54, 1.807) is 18.0 Å². The Morgan fingerprint density at radius 2 is 2.05 bits per heavy atom. The molecule has 0 unspecified atom stereocenters. The molecule has 0 atom stereocenters. The van der Waals surface area contributed by atoms with Crippen molar-refractivity contribution in [1.29, 1.82) is 5.26 Å². The van der Waals surface area contributed by atoms with E-state index >= 15 is 0 Å². The number of hydrogen-bond acceptors (Lipinski definition) is 5. The van der Waals surface area contributed by atoms with Gasteiger partial charge in [0.15, 0.2) is 0 Å². The van der Waals surface area contributed by atoms with Gasteiger partial charge in [-0.25, -0.2) is 4.79 Å². The highest BCUT2D eigenvalue weighted by Crippen LogP contribution is 2.05. The van der Waals surface area contributed by atoms with Crippen LogP contribution < -0.4 is 5.32 Å². The quantitative estimate of drug-likeness (QED) is 0.613. The van der Waals surface area contributed by atoms with E-state index in [1.165, 1.54) is 0 Å². The number of alkyl carbamates (subject to hydrolysis) is 1. The summed E-state index contributed by atoms with van der Waals surface area (Å²) >= 11 is 1.63. The van der Waals surface area contributed by atoms with Gasteiger partial charge in [-0.05, 0) is 17.4 Å². The topological polar surface area (TPSA) is 71.3 Å². The first-order valence-electron chi connectivity index (χ1n) is 5.74. The second-order valence-corrected chi connectivity index (χ2v) is 4.66. The van der Waals surface area contributed by atoms with E-state index in [0.717, 1.165) is 16.9 Å². The molecular weight excluding hydrogens is 264 g/mol. The average Bonchev–Trinajstić information content (AvgIpc) is 2.44. The minimum Gasteiger partial charge on any atom is -0.449 e. The third kappa shape index (κ3) is 6.58. The third-order valence-electron chi connectivity index (χ3n) is 2.28. The van der Waals surface area contributed by atoms with Crippen LogP contribution in [0, 0.1) is 11.5 Å². The van der Waals surface area contributed by atoms with Crippen LogP contribution in [-0.4, -0.2) is 24.7 Å². The molecule has 1 aromatic carbocycles. The number of carbonyl (C=O) groups is 1. The lowest BCUT2D eigenvalue weighted by Crippen LogP contribution is -2.24. The highest BCUT2D eigenvalue weighted by Gasteiger charge is 2.01. The Labute approximate surface area is 116 Å². The summed E-state index contributed by atoms with van der Waals surface area (Å²) < 4.78 is 9.58. The Morgan fingerprint density at radius 3 is 2.68 bits per heavy atom. The molecule has 0 saturated heterocycles. The summed E-state index contributed by atoms with van der Waals surface area (Å²) in [5.74, 6) is 0.793. The Morgan fingerprint density at radius 1 is 1.37 bits per heavy atom. The minimum absolute atomic E-state index is 0.265. The van der Waals surface area contributed by atoms with E-state index in [0.29, 0.717) is 13.2 Å². The van der Waals surface area contributed by atoms with Crippen molar-refractivity contribution in [3.63, 3.8) is 0 Å². The van der Waals surface area contributed by atoms with Gasteiger partial charge >= 0.3 is 6.09 Å². The van der Waals surface area contributed by atoms with E-state index in [1.807, 2.05) is 30.5 Å². The SMILES string of the molecule is CSCCOC(=O)NCc1ccc(COC#N)cc1. The van der Waals surface area contributed by atoms with Gasteiger partial charge in [0.1, 0.15) is 13.2 Å². The van der Waals surface area contributed by atoms with Crippen LogP contribution in [0.1, 0.15) is 11.1 Å². The van der Waals surface area contributed by atoms with Gasteiger partial charge in [0.2, 0.25) is 0 Å². The fraction of sp³-hybridized carbons (Fsp3) is 0.385. The molecule has 1 amide bonds. The van der Waals surface area contributed by atoms with Crippen molar-refractivity contribution in [2.24, 2.45) is 0 Å². The molecule has 5 nitrogen and oxygen atoms in total. The normalized spacial score (nSPS) is 9.47. The summed E-state index contributed by atoms with van der Waals surface area (Å²) in [5, 5.41) is 10.9. The van der Waals surface area contributed by atoms with Gasteiger partial charge in [0.05, 0.1) is 0 Å². The maximum atomic E-state index is 11.3. The van der Waals surface area contributed by atoms with Crippen molar-refractivity contribution < 1.29 is 14.3 Å². The summed E-state index contributed by atoms with van der Waals surface area (Å²) in [6, 6.07) is 7.46. The predicted molar refractivity (Wildman–Crippen MR) is 73.4 cm³/mol. The summed E-state index contributed by atoms with van der Waals surface area (Å²) in [4.78, 5) is 11.3. The molecule has 0 spiro atoms. The number of benzene rings is 1. The molecule has 0 aliphatic rings. The molecule has 0 aromatic heterocycles.